The SMILES string of the molecule is CCOC(=O)c1ccc2nc(Nc3cccc(Br)c3)[nH]c2c1. The summed E-state index contributed by atoms with van der Waals surface area (Å²) in [5.74, 6) is 0.287. The van der Waals surface area contributed by atoms with Crippen molar-refractivity contribution in [3.8, 4) is 0 Å². The molecule has 0 fully saturated rings. The molecule has 3 aromatic rings. The predicted octanol–water partition coefficient (Wildman–Crippen LogP) is 4.25. The van der Waals surface area contributed by atoms with Crippen molar-refractivity contribution in [2.75, 3.05) is 11.9 Å². The van der Waals surface area contributed by atoms with Crippen LogP contribution in [0.15, 0.2) is 46.9 Å². The molecule has 112 valence electrons. The minimum Gasteiger partial charge on any atom is -0.462 e. The van der Waals surface area contributed by atoms with Gasteiger partial charge in [0, 0.05) is 10.2 Å². The zero-order valence-corrected chi connectivity index (χ0v) is 13.5. The first-order chi connectivity index (χ1) is 10.7. The van der Waals surface area contributed by atoms with Gasteiger partial charge in [0.1, 0.15) is 0 Å². The summed E-state index contributed by atoms with van der Waals surface area (Å²) in [4.78, 5) is 19.4. The van der Waals surface area contributed by atoms with Crippen LogP contribution in [0.25, 0.3) is 11.0 Å². The van der Waals surface area contributed by atoms with Crippen LogP contribution in [0.4, 0.5) is 11.6 Å². The second kappa shape index (κ2) is 6.19. The van der Waals surface area contributed by atoms with Gasteiger partial charge in [0.25, 0.3) is 0 Å². The van der Waals surface area contributed by atoms with E-state index in [2.05, 4.69) is 31.2 Å². The van der Waals surface area contributed by atoms with Crippen LogP contribution in [0, 0.1) is 0 Å². The Morgan fingerprint density at radius 2 is 2.18 bits per heavy atom. The van der Waals surface area contributed by atoms with E-state index < -0.39 is 0 Å². The van der Waals surface area contributed by atoms with E-state index in [1.165, 1.54) is 0 Å². The maximum absolute atomic E-state index is 11.7. The summed E-state index contributed by atoms with van der Waals surface area (Å²) in [7, 11) is 0. The zero-order valence-electron chi connectivity index (χ0n) is 11.9. The largest absolute Gasteiger partial charge is 0.462 e. The molecule has 0 radical (unpaired) electrons. The minimum atomic E-state index is -0.333. The van der Waals surface area contributed by atoms with Crippen molar-refractivity contribution in [1.29, 1.82) is 0 Å². The second-order valence-electron chi connectivity index (χ2n) is 4.67. The third kappa shape index (κ3) is 3.12. The fraction of sp³-hybridized carbons (Fsp3) is 0.125. The number of hydrogen-bond donors (Lipinski definition) is 2. The lowest BCUT2D eigenvalue weighted by atomic mass is 10.2. The third-order valence-corrected chi connectivity index (χ3v) is 3.57. The van der Waals surface area contributed by atoms with E-state index >= 15 is 0 Å². The Balaban J connectivity index is 1.88. The Kier molecular flexibility index (Phi) is 4.11. The monoisotopic (exact) mass is 359 g/mol. The highest BCUT2D eigenvalue weighted by molar-refractivity contribution is 9.10. The van der Waals surface area contributed by atoms with Gasteiger partial charge in [-0.15, -0.1) is 0 Å². The summed E-state index contributed by atoms with van der Waals surface area (Å²) in [5.41, 5.74) is 2.99. The molecule has 0 aliphatic heterocycles. The molecule has 0 saturated carbocycles. The molecule has 22 heavy (non-hydrogen) atoms. The first-order valence-corrected chi connectivity index (χ1v) is 7.64. The van der Waals surface area contributed by atoms with Crippen molar-refractivity contribution in [2.45, 2.75) is 6.92 Å². The maximum Gasteiger partial charge on any atom is 0.338 e. The molecule has 0 amide bonds. The summed E-state index contributed by atoms with van der Waals surface area (Å²) >= 11 is 3.43. The number of anilines is 2. The second-order valence-corrected chi connectivity index (χ2v) is 5.59. The Morgan fingerprint density at radius 3 is 2.95 bits per heavy atom. The molecule has 3 rings (SSSR count). The first-order valence-electron chi connectivity index (χ1n) is 6.85. The number of nitrogens with one attached hydrogen (secondary N) is 2. The third-order valence-electron chi connectivity index (χ3n) is 3.08. The van der Waals surface area contributed by atoms with Crippen LogP contribution in [0.1, 0.15) is 17.3 Å². The molecule has 6 heteroatoms. The summed E-state index contributed by atoms with van der Waals surface area (Å²) in [6.07, 6.45) is 0. The van der Waals surface area contributed by atoms with E-state index in [0.717, 1.165) is 21.2 Å². The van der Waals surface area contributed by atoms with Gasteiger partial charge in [-0.05, 0) is 43.3 Å². The molecule has 2 aromatic carbocycles. The number of carbonyl (C=O) groups excluding carboxylic acids is 1. The standard InChI is InChI=1S/C16H14BrN3O2/c1-2-22-15(21)10-6-7-13-14(8-10)20-16(19-13)18-12-5-3-4-11(17)9-12/h3-9H,2H2,1H3,(H2,18,19,20). The van der Waals surface area contributed by atoms with Crippen LogP contribution >= 0.6 is 15.9 Å². The summed E-state index contributed by atoms with van der Waals surface area (Å²) in [6.45, 7) is 2.14. The summed E-state index contributed by atoms with van der Waals surface area (Å²) in [6, 6.07) is 13.0. The Morgan fingerprint density at radius 1 is 1.32 bits per heavy atom. The predicted molar refractivity (Wildman–Crippen MR) is 89.5 cm³/mol. The number of imidazole rings is 1. The molecule has 0 aliphatic carbocycles. The molecule has 0 unspecified atom stereocenters. The van der Waals surface area contributed by atoms with Gasteiger partial charge in [0.15, 0.2) is 0 Å². The molecule has 1 heterocycles. The van der Waals surface area contributed by atoms with E-state index in [1.54, 1.807) is 25.1 Å². The topological polar surface area (TPSA) is 67.0 Å². The van der Waals surface area contributed by atoms with Crippen LogP contribution in [-0.4, -0.2) is 22.5 Å². The van der Waals surface area contributed by atoms with Gasteiger partial charge < -0.3 is 15.0 Å². The van der Waals surface area contributed by atoms with E-state index in [9.17, 15) is 4.79 Å². The van der Waals surface area contributed by atoms with Crippen LogP contribution in [0.3, 0.4) is 0 Å². The van der Waals surface area contributed by atoms with Crippen LogP contribution in [0.2, 0.25) is 0 Å². The number of ether oxygens (including phenoxy) is 1. The fourth-order valence-corrected chi connectivity index (χ4v) is 2.51. The maximum atomic E-state index is 11.7. The molecule has 1 aromatic heterocycles. The number of hydrogen-bond acceptors (Lipinski definition) is 4. The molecular formula is C16H14BrN3O2. The van der Waals surface area contributed by atoms with Crippen molar-refractivity contribution in [3.05, 3.63) is 52.5 Å². The Labute approximate surface area is 135 Å². The Bertz CT molecular complexity index is 829. The number of H-pyrrole nitrogens is 1. The molecular weight excluding hydrogens is 346 g/mol. The van der Waals surface area contributed by atoms with Gasteiger partial charge in [-0.25, -0.2) is 9.78 Å². The van der Waals surface area contributed by atoms with E-state index in [0.29, 0.717) is 18.1 Å². The highest BCUT2D eigenvalue weighted by Gasteiger charge is 2.09. The highest BCUT2D eigenvalue weighted by atomic mass is 79.9. The number of rotatable bonds is 4. The molecule has 0 saturated heterocycles. The lowest BCUT2D eigenvalue weighted by Crippen LogP contribution is -2.04. The van der Waals surface area contributed by atoms with Crippen LogP contribution in [-0.2, 0) is 4.74 Å². The minimum absolute atomic E-state index is 0.333. The van der Waals surface area contributed by atoms with Crippen molar-refractivity contribution >= 4 is 44.6 Å². The van der Waals surface area contributed by atoms with E-state index in [4.69, 9.17) is 4.74 Å². The van der Waals surface area contributed by atoms with Crippen molar-refractivity contribution in [2.24, 2.45) is 0 Å². The van der Waals surface area contributed by atoms with Crippen molar-refractivity contribution < 1.29 is 9.53 Å². The molecule has 0 aliphatic rings. The fourth-order valence-electron chi connectivity index (χ4n) is 2.11. The van der Waals surface area contributed by atoms with Crippen molar-refractivity contribution in [3.63, 3.8) is 0 Å². The van der Waals surface area contributed by atoms with Gasteiger partial charge in [-0.1, -0.05) is 22.0 Å². The summed E-state index contributed by atoms with van der Waals surface area (Å²) < 4.78 is 5.98. The quantitative estimate of drug-likeness (QED) is 0.683. The van der Waals surface area contributed by atoms with Gasteiger partial charge >= 0.3 is 5.97 Å². The normalized spacial score (nSPS) is 10.6. The number of aromatic amines is 1. The van der Waals surface area contributed by atoms with Crippen LogP contribution in [0.5, 0.6) is 0 Å². The summed E-state index contributed by atoms with van der Waals surface area (Å²) in [5, 5.41) is 3.20. The van der Waals surface area contributed by atoms with E-state index in [-0.39, 0.29) is 5.97 Å². The number of esters is 1. The number of aromatic nitrogens is 2. The van der Waals surface area contributed by atoms with Gasteiger partial charge in [-0.3, -0.25) is 0 Å². The lowest BCUT2D eigenvalue weighted by Gasteiger charge is -2.02. The number of nitrogens with zero attached hydrogens (tertiary/aromatic N) is 1. The number of halogens is 1. The van der Waals surface area contributed by atoms with Crippen LogP contribution < -0.4 is 5.32 Å². The zero-order chi connectivity index (χ0) is 15.5. The first kappa shape index (κ1) is 14.6. The lowest BCUT2D eigenvalue weighted by molar-refractivity contribution is 0.0526. The van der Waals surface area contributed by atoms with Gasteiger partial charge in [0.05, 0.1) is 23.2 Å². The average molecular weight is 360 g/mol. The molecule has 0 atom stereocenters. The smallest absolute Gasteiger partial charge is 0.338 e. The molecule has 2 N–H and O–H groups in total. The van der Waals surface area contributed by atoms with Gasteiger partial charge in [-0.2, -0.15) is 0 Å². The van der Waals surface area contributed by atoms with E-state index in [1.807, 2.05) is 24.3 Å². The Hall–Kier alpha value is -2.34. The number of benzene rings is 2. The molecule has 5 nitrogen and oxygen atoms in total. The molecule has 0 spiro atoms. The highest BCUT2D eigenvalue weighted by Crippen LogP contribution is 2.22. The average Bonchev–Trinajstić information content (AvgIpc) is 2.88. The van der Waals surface area contributed by atoms with Crippen molar-refractivity contribution in [1.82, 2.24) is 9.97 Å². The number of fused-ring (bicyclic) bond motifs is 1. The number of carbonyl (C=O) groups is 1. The van der Waals surface area contributed by atoms with Gasteiger partial charge in [0.2, 0.25) is 5.95 Å². The molecule has 0 bridgehead atoms.